The molecule has 0 saturated carbocycles. The van der Waals surface area contributed by atoms with Crippen LogP contribution in [0.3, 0.4) is 0 Å². The minimum atomic E-state index is -0.196. The van der Waals surface area contributed by atoms with E-state index < -0.39 is 0 Å². The molecular weight excluding hydrogens is 344 g/mol. The van der Waals surface area contributed by atoms with E-state index in [-0.39, 0.29) is 5.54 Å². The molecule has 0 aromatic heterocycles. The summed E-state index contributed by atoms with van der Waals surface area (Å²) in [5, 5.41) is 11.8. The van der Waals surface area contributed by atoms with Gasteiger partial charge in [-0.2, -0.15) is 0 Å². The Morgan fingerprint density at radius 1 is 1.12 bits per heavy atom. The Morgan fingerprint density at radius 3 is 2.65 bits per heavy atom. The SMILES string of the molecule is CC1CNCC(C)C12Nc1ccccc1N=C2NCc1cccc(Cl)c1. The summed E-state index contributed by atoms with van der Waals surface area (Å²) in [6.45, 7) is 7.23. The number of rotatable bonds is 2. The zero-order chi connectivity index (χ0) is 18.1. The third-order valence-corrected chi connectivity index (χ3v) is 5.91. The normalized spacial score (nSPS) is 27.4. The molecule has 2 aliphatic rings. The van der Waals surface area contributed by atoms with Gasteiger partial charge in [0.05, 0.1) is 11.4 Å². The van der Waals surface area contributed by atoms with Gasteiger partial charge < -0.3 is 16.0 Å². The molecule has 1 spiro atoms. The number of hydrogen-bond acceptors (Lipinski definition) is 4. The van der Waals surface area contributed by atoms with Gasteiger partial charge in [0.15, 0.2) is 0 Å². The van der Waals surface area contributed by atoms with Crippen LogP contribution in [0, 0.1) is 11.8 Å². The minimum absolute atomic E-state index is 0.196. The van der Waals surface area contributed by atoms with Gasteiger partial charge in [0.1, 0.15) is 11.4 Å². The Bertz CT molecular complexity index is 822. The van der Waals surface area contributed by atoms with Crippen molar-refractivity contribution in [2.45, 2.75) is 25.9 Å². The first kappa shape index (κ1) is 17.4. The van der Waals surface area contributed by atoms with Crippen LogP contribution in [0.2, 0.25) is 5.02 Å². The third kappa shape index (κ3) is 2.97. The average Bonchev–Trinajstić information content (AvgIpc) is 2.64. The van der Waals surface area contributed by atoms with Crippen LogP contribution in [0.25, 0.3) is 0 Å². The summed E-state index contributed by atoms with van der Waals surface area (Å²) in [6, 6.07) is 16.3. The van der Waals surface area contributed by atoms with Crippen LogP contribution < -0.4 is 16.0 Å². The van der Waals surface area contributed by atoms with Crippen LogP contribution in [0.5, 0.6) is 0 Å². The number of anilines is 1. The van der Waals surface area contributed by atoms with Crippen molar-refractivity contribution >= 4 is 28.8 Å². The molecule has 136 valence electrons. The molecule has 0 bridgehead atoms. The quantitative estimate of drug-likeness (QED) is 0.744. The molecule has 26 heavy (non-hydrogen) atoms. The fraction of sp³-hybridized carbons (Fsp3) is 0.381. The Labute approximate surface area is 160 Å². The predicted octanol–water partition coefficient (Wildman–Crippen LogP) is 4.20. The molecule has 0 amide bonds. The molecule has 2 aromatic rings. The van der Waals surface area contributed by atoms with E-state index in [1.54, 1.807) is 0 Å². The Hall–Kier alpha value is -2.04. The van der Waals surface area contributed by atoms with E-state index in [2.05, 4.69) is 54.1 Å². The highest BCUT2D eigenvalue weighted by atomic mass is 35.5. The highest BCUT2D eigenvalue weighted by Crippen LogP contribution is 2.41. The molecule has 2 heterocycles. The lowest BCUT2D eigenvalue weighted by Gasteiger charge is -2.51. The number of para-hydroxylation sites is 2. The summed E-state index contributed by atoms with van der Waals surface area (Å²) in [7, 11) is 0. The summed E-state index contributed by atoms with van der Waals surface area (Å²) in [5.41, 5.74) is 3.06. The van der Waals surface area contributed by atoms with Crippen molar-refractivity contribution in [1.82, 2.24) is 10.6 Å². The van der Waals surface area contributed by atoms with Crippen LogP contribution in [-0.4, -0.2) is 24.5 Å². The van der Waals surface area contributed by atoms with Crippen molar-refractivity contribution in [3.05, 3.63) is 59.1 Å². The van der Waals surface area contributed by atoms with Crippen molar-refractivity contribution in [1.29, 1.82) is 0 Å². The maximum atomic E-state index is 6.14. The zero-order valence-electron chi connectivity index (χ0n) is 15.2. The molecule has 2 unspecified atom stereocenters. The molecule has 2 aromatic carbocycles. The van der Waals surface area contributed by atoms with Gasteiger partial charge in [-0.15, -0.1) is 0 Å². The Balaban J connectivity index is 1.70. The van der Waals surface area contributed by atoms with Crippen LogP contribution in [0.15, 0.2) is 53.5 Å². The Kier molecular flexibility index (Phi) is 4.63. The molecule has 1 fully saturated rings. The van der Waals surface area contributed by atoms with Crippen molar-refractivity contribution in [3.8, 4) is 0 Å². The second kappa shape index (κ2) is 6.93. The van der Waals surface area contributed by atoms with Crippen LogP contribution in [0.4, 0.5) is 11.4 Å². The Morgan fingerprint density at radius 2 is 1.88 bits per heavy atom. The van der Waals surface area contributed by atoms with Crippen molar-refractivity contribution in [2.75, 3.05) is 18.4 Å². The third-order valence-electron chi connectivity index (χ3n) is 5.67. The van der Waals surface area contributed by atoms with E-state index >= 15 is 0 Å². The van der Waals surface area contributed by atoms with Gasteiger partial charge in [0.25, 0.3) is 0 Å². The number of piperidine rings is 1. The van der Waals surface area contributed by atoms with Gasteiger partial charge >= 0.3 is 0 Å². The number of fused-ring (bicyclic) bond motifs is 1. The van der Waals surface area contributed by atoms with Gasteiger partial charge in [0.2, 0.25) is 0 Å². The molecule has 5 heteroatoms. The average molecular weight is 369 g/mol. The first-order valence-corrected chi connectivity index (χ1v) is 9.63. The molecule has 0 radical (unpaired) electrons. The summed E-state index contributed by atoms with van der Waals surface area (Å²) in [6.07, 6.45) is 0. The smallest absolute Gasteiger partial charge is 0.129 e. The maximum Gasteiger partial charge on any atom is 0.129 e. The first-order valence-electron chi connectivity index (χ1n) is 9.25. The fourth-order valence-corrected chi connectivity index (χ4v) is 4.44. The largest absolute Gasteiger partial charge is 0.370 e. The standard InChI is InChI=1S/C21H25ClN4/c1-14-11-23-12-15(2)21(14)20(24-13-16-6-5-7-17(22)10-16)25-18-8-3-4-9-19(18)26-21/h3-10,14-15,23,26H,11-13H2,1-2H3,(H,24,25). The first-order chi connectivity index (χ1) is 12.6. The second-order valence-corrected chi connectivity index (χ2v) is 7.85. The van der Waals surface area contributed by atoms with E-state index in [4.69, 9.17) is 16.6 Å². The maximum absolute atomic E-state index is 6.14. The lowest BCUT2D eigenvalue weighted by atomic mass is 9.70. The summed E-state index contributed by atoms with van der Waals surface area (Å²) >= 11 is 6.14. The molecule has 4 rings (SSSR count). The molecule has 0 aliphatic carbocycles. The van der Waals surface area contributed by atoms with Crippen LogP contribution in [0.1, 0.15) is 19.4 Å². The van der Waals surface area contributed by atoms with Crippen molar-refractivity contribution < 1.29 is 0 Å². The lowest BCUT2D eigenvalue weighted by Crippen LogP contribution is -2.67. The van der Waals surface area contributed by atoms with E-state index in [1.165, 1.54) is 0 Å². The highest BCUT2D eigenvalue weighted by molar-refractivity contribution is 6.30. The van der Waals surface area contributed by atoms with Crippen LogP contribution in [-0.2, 0) is 6.54 Å². The van der Waals surface area contributed by atoms with Gasteiger partial charge in [-0.3, -0.25) is 0 Å². The number of nitrogens with zero attached hydrogens (tertiary/aromatic N) is 1. The molecule has 4 nitrogen and oxygen atoms in total. The molecular formula is C21H25ClN4. The number of hydrogen-bond donors (Lipinski definition) is 3. The number of amidine groups is 1. The zero-order valence-corrected chi connectivity index (χ0v) is 16.0. The van der Waals surface area contributed by atoms with Gasteiger partial charge in [-0.1, -0.05) is 49.7 Å². The molecule has 1 saturated heterocycles. The molecule has 3 N–H and O–H groups in total. The van der Waals surface area contributed by atoms with Gasteiger partial charge in [0, 0.05) is 24.7 Å². The predicted molar refractivity (Wildman–Crippen MR) is 109 cm³/mol. The summed E-state index contributed by atoms with van der Waals surface area (Å²) < 4.78 is 0. The minimum Gasteiger partial charge on any atom is -0.370 e. The monoisotopic (exact) mass is 368 g/mol. The summed E-state index contributed by atoms with van der Waals surface area (Å²) in [5.74, 6) is 1.84. The molecule has 2 aliphatic heterocycles. The van der Waals surface area contributed by atoms with E-state index in [0.29, 0.717) is 18.4 Å². The van der Waals surface area contributed by atoms with Crippen molar-refractivity contribution in [3.63, 3.8) is 0 Å². The van der Waals surface area contributed by atoms with E-state index in [9.17, 15) is 0 Å². The van der Waals surface area contributed by atoms with Gasteiger partial charge in [-0.25, -0.2) is 4.99 Å². The van der Waals surface area contributed by atoms with Crippen molar-refractivity contribution in [2.24, 2.45) is 16.8 Å². The fourth-order valence-electron chi connectivity index (χ4n) is 4.23. The van der Waals surface area contributed by atoms with E-state index in [0.717, 1.165) is 40.9 Å². The summed E-state index contributed by atoms with van der Waals surface area (Å²) in [4.78, 5) is 5.04. The molecule has 2 atom stereocenters. The highest BCUT2D eigenvalue weighted by Gasteiger charge is 2.49. The number of nitrogens with one attached hydrogen (secondary N) is 3. The lowest BCUT2D eigenvalue weighted by molar-refractivity contribution is 0.231. The number of benzene rings is 2. The topological polar surface area (TPSA) is 48.5 Å². The number of aliphatic imine (C=N–C) groups is 1. The van der Waals surface area contributed by atoms with Gasteiger partial charge in [-0.05, 0) is 41.7 Å². The second-order valence-electron chi connectivity index (χ2n) is 7.42. The van der Waals surface area contributed by atoms with E-state index in [1.807, 2.05) is 24.3 Å². The van der Waals surface area contributed by atoms with Crippen LogP contribution >= 0.6 is 11.6 Å². The number of halogens is 1.